The molecule has 0 N–H and O–H groups in total. The van der Waals surface area contributed by atoms with Crippen LogP contribution >= 0.6 is 0 Å². The highest BCUT2D eigenvalue weighted by Gasteiger charge is 2.02. The standard InChI is InChI=1S/C8H16OSi/c1-5-7(3)9-10-8(4)6-2/h6-8H,2,5H2,1,3-4H3. The largest absolute Gasteiger partial charge is 0.414 e. The van der Waals surface area contributed by atoms with Gasteiger partial charge < -0.3 is 4.43 Å². The first kappa shape index (κ1) is 9.92. The van der Waals surface area contributed by atoms with Gasteiger partial charge in [0.1, 0.15) is 0 Å². The molecule has 1 nitrogen and oxygen atoms in total. The fourth-order valence-electron chi connectivity index (χ4n) is 0.355. The van der Waals surface area contributed by atoms with Gasteiger partial charge in [-0.05, 0) is 18.9 Å². The molecule has 0 rings (SSSR count). The SMILES string of the molecule is C=CC(C)[Si]OC(C)CC. The van der Waals surface area contributed by atoms with Gasteiger partial charge in [-0.25, -0.2) is 0 Å². The molecule has 0 spiro atoms. The predicted octanol–water partition coefficient (Wildman–Crippen LogP) is 2.42. The van der Waals surface area contributed by atoms with Crippen molar-refractivity contribution in [2.45, 2.75) is 38.8 Å². The molecular formula is C8H16OSi. The van der Waals surface area contributed by atoms with E-state index < -0.39 is 0 Å². The molecule has 0 aromatic carbocycles. The van der Waals surface area contributed by atoms with E-state index >= 15 is 0 Å². The normalized spacial score (nSPS) is 16.3. The zero-order valence-corrected chi connectivity index (χ0v) is 8.05. The van der Waals surface area contributed by atoms with Crippen molar-refractivity contribution in [3.63, 3.8) is 0 Å². The lowest BCUT2D eigenvalue weighted by molar-refractivity contribution is 0.227. The number of rotatable bonds is 5. The zero-order valence-electron chi connectivity index (χ0n) is 7.05. The third kappa shape index (κ3) is 4.76. The Kier molecular flexibility index (Phi) is 5.64. The van der Waals surface area contributed by atoms with Gasteiger partial charge in [0.25, 0.3) is 0 Å². The molecule has 2 unspecified atom stereocenters. The molecule has 0 aliphatic heterocycles. The second-order valence-electron chi connectivity index (χ2n) is 2.48. The van der Waals surface area contributed by atoms with E-state index in [4.69, 9.17) is 4.43 Å². The Morgan fingerprint density at radius 2 is 2.20 bits per heavy atom. The second kappa shape index (κ2) is 5.68. The summed E-state index contributed by atoms with van der Waals surface area (Å²) in [6.45, 7) is 10.0. The molecule has 0 aliphatic carbocycles. The van der Waals surface area contributed by atoms with Crippen molar-refractivity contribution in [3.05, 3.63) is 12.7 Å². The lowest BCUT2D eigenvalue weighted by atomic mass is 10.3. The first-order valence-electron chi connectivity index (χ1n) is 3.74. The van der Waals surface area contributed by atoms with Crippen LogP contribution in [0.25, 0.3) is 0 Å². The summed E-state index contributed by atoms with van der Waals surface area (Å²) in [4.78, 5) is 0. The Bertz CT molecular complexity index is 93.3. The van der Waals surface area contributed by atoms with Crippen LogP contribution in [0.2, 0.25) is 5.54 Å². The molecule has 0 amide bonds. The van der Waals surface area contributed by atoms with E-state index in [2.05, 4.69) is 27.4 Å². The molecule has 2 radical (unpaired) electrons. The Morgan fingerprint density at radius 3 is 2.60 bits per heavy atom. The van der Waals surface area contributed by atoms with Crippen LogP contribution in [0.15, 0.2) is 12.7 Å². The highest BCUT2D eigenvalue weighted by atomic mass is 28.2. The average Bonchev–Trinajstić information content (AvgIpc) is 1.99. The Hall–Kier alpha value is -0.0831. The van der Waals surface area contributed by atoms with Crippen molar-refractivity contribution >= 4 is 9.76 Å². The minimum absolute atomic E-state index is 0.403. The van der Waals surface area contributed by atoms with Gasteiger partial charge in [0.05, 0.1) is 0 Å². The Balaban J connectivity index is 3.25. The molecule has 0 aromatic heterocycles. The average molecular weight is 156 g/mol. The van der Waals surface area contributed by atoms with E-state index in [9.17, 15) is 0 Å². The lowest BCUT2D eigenvalue weighted by Crippen LogP contribution is -2.12. The summed E-state index contributed by atoms with van der Waals surface area (Å²) < 4.78 is 5.50. The van der Waals surface area contributed by atoms with Gasteiger partial charge in [0, 0.05) is 6.10 Å². The highest BCUT2D eigenvalue weighted by molar-refractivity contribution is 6.30. The molecule has 58 valence electrons. The summed E-state index contributed by atoms with van der Waals surface area (Å²) in [5, 5.41) is 0. The number of hydrogen-bond donors (Lipinski definition) is 0. The van der Waals surface area contributed by atoms with E-state index in [0.29, 0.717) is 21.4 Å². The van der Waals surface area contributed by atoms with E-state index in [0.717, 1.165) is 6.42 Å². The quantitative estimate of drug-likeness (QED) is 0.439. The fraction of sp³-hybridized carbons (Fsp3) is 0.750. The maximum atomic E-state index is 5.50. The number of allylic oxidation sites excluding steroid dienone is 1. The van der Waals surface area contributed by atoms with Gasteiger partial charge in [0.2, 0.25) is 9.76 Å². The Labute approximate surface area is 66.4 Å². The highest BCUT2D eigenvalue weighted by Crippen LogP contribution is 2.04. The maximum Gasteiger partial charge on any atom is 0.237 e. The summed E-state index contributed by atoms with van der Waals surface area (Å²) in [6, 6.07) is 0. The maximum absolute atomic E-state index is 5.50. The summed E-state index contributed by atoms with van der Waals surface area (Å²) in [5.74, 6) is 0. The minimum atomic E-state index is 0.403. The summed E-state index contributed by atoms with van der Waals surface area (Å²) in [5.41, 5.74) is 0.508. The summed E-state index contributed by atoms with van der Waals surface area (Å²) in [6.07, 6.45) is 3.43. The lowest BCUT2D eigenvalue weighted by Gasteiger charge is -2.10. The molecule has 2 atom stereocenters. The number of hydrogen-bond acceptors (Lipinski definition) is 1. The Morgan fingerprint density at radius 1 is 1.60 bits per heavy atom. The molecule has 10 heavy (non-hydrogen) atoms. The van der Waals surface area contributed by atoms with Gasteiger partial charge in [-0.15, -0.1) is 6.58 Å². The predicted molar refractivity (Wildman–Crippen MR) is 46.2 cm³/mol. The molecule has 0 saturated carbocycles. The molecular weight excluding hydrogens is 140 g/mol. The van der Waals surface area contributed by atoms with E-state index in [1.54, 1.807) is 0 Å². The van der Waals surface area contributed by atoms with Crippen LogP contribution in [0.5, 0.6) is 0 Å². The molecule has 0 aliphatic rings. The summed E-state index contributed by atoms with van der Waals surface area (Å²) >= 11 is 0. The topological polar surface area (TPSA) is 9.23 Å². The van der Waals surface area contributed by atoms with E-state index in [1.165, 1.54) is 0 Å². The van der Waals surface area contributed by atoms with Crippen molar-refractivity contribution in [1.29, 1.82) is 0 Å². The van der Waals surface area contributed by atoms with Crippen LogP contribution in [0.4, 0.5) is 0 Å². The van der Waals surface area contributed by atoms with Crippen LogP contribution in [0.1, 0.15) is 27.2 Å². The van der Waals surface area contributed by atoms with Crippen molar-refractivity contribution in [1.82, 2.24) is 0 Å². The first-order valence-corrected chi connectivity index (χ1v) is 4.73. The van der Waals surface area contributed by atoms with Gasteiger partial charge in [-0.1, -0.05) is 19.9 Å². The van der Waals surface area contributed by atoms with Crippen molar-refractivity contribution in [2.75, 3.05) is 0 Å². The fourth-order valence-corrected chi connectivity index (χ4v) is 1.06. The third-order valence-electron chi connectivity index (χ3n) is 1.38. The van der Waals surface area contributed by atoms with E-state index in [-0.39, 0.29) is 0 Å². The van der Waals surface area contributed by atoms with Gasteiger partial charge in [-0.2, -0.15) is 0 Å². The van der Waals surface area contributed by atoms with Gasteiger partial charge in [0.15, 0.2) is 0 Å². The van der Waals surface area contributed by atoms with Gasteiger partial charge >= 0.3 is 0 Å². The molecule has 0 fully saturated rings. The van der Waals surface area contributed by atoms with Gasteiger partial charge in [-0.3, -0.25) is 0 Å². The first-order chi connectivity index (χ1) is 4.70. The third-order valence-corrected chi connectivity index (χ3v) is 2.53. The molecule has 0 saturated heterocycles. The molecule has 2 heteroatoms. The smallest absolute Gasteiger partial charge is 0.237 e. The van der Waals surface area contributed by atoms with Crippen LogP contribution < -0.4 is 0 Å². The second-order valence-corrected chi connectivity index (χ2v) is 3.86. The van der Waals surface area contributed by atoms with Crippen molar-refractivity contribution in [3.8, 4) is 0 Å². The van der Waals surface area contributed by atoms with Crippen molar-refractivity contribution in [2.24, 2.45) is 0 Å². The van der Waals surface area contributed by atoms with Crippen LogP contribution in [0, 0.1) is 0 Å². The van der Waals surface area contributed by atoms with Crippen LogP contribution in [-0.4, -0.2) is 15.9 Å². The van der Waals surface area contributed by atoms with Crippen LogP contribution in [0.3, 0.4) is 0 Å². The molecule has 0 aromatic rings. The van der Waals surface area contributed by atoms with Crippen molar-refractivity contribution < 1.29 is 4.43 Å². The molecule has 0 heterocycles. The van der Waals surface area contributed by atoms with Crippen LogP contribution in [-0.2, 0) is 4.43 Å². The monoisotopic (exact) mass is 156 g/mol. The molecule has 0 bridgehead atoms. The summed E-state index contributed by atoms with van der Waals surface area (Å²) in [7, 11) is 0.575. The zero-order chi connectivity index (χ0) is 7.98. The van der Waals surface area contributed by atoms with E-state index in [1.807, 2.05) is 6.08 Å². The minimum Gasteiger partial charge on any atom is -0.414 e.